The molecule has 0 saturated heterocycles. The van der Waals surface area contributed by atoms with Crippen molar-refractivity contribution in [1.29, 1.82) is 0 Å². The molecule has 7 heteroatoms. The summed E-state index contributed by atoms with van der Waals surface area (Å²) in [4.78, 5) is 23.9. The molecule has 1 aliphatic rings. The minimum Gasteiger partial charge on any atom is -0.349 e. The van der Waals surface area contributed by atoms with Crippen molar-refractivity contribution < 1.29 is 9.59 Å². The summed E-state index contributed by atoms with van der Waals surface area (Å²) in [6, 6.07) is 7.26. The van der Waals surface area contributed by atoms with Crippen LogP contribution in [0, 0.1) is 5.92 Å². The third-order valence-electron chi connectivity index (χ3n) is 4.37. The van der Waals surface area contributed by atoms with Crippen molar-refractivity contribution in [3.63, 3.8) is 0 Å². The van der Waals surface area contributed by atoms with E-state index in [9.17, 15) is 9.59 Å². The van der Waals surface area contributed by atoms with Gasteiger partial charge in [0.05, 0.1) is 18.0 Å². The molecule has 0 aliphatic heterocycles. The van der Waals surface area contributed by atoms with E-state index in [0.29, 0.717) is 12.5 Å². The van der Waals surface area contributed by atoms with Crippen molar-refractivity contribution in [2.75, 3.05) is 6.54 Å². The van der Waals surface area contributed by atoms with Crippen molar-refractivity contribution in [1.82, 2.24) is 10.6 Å². The largest absolute Gasteiger partial charge is 0.349 e. The van der Waals surface area contributed by atoms with E-state index in [-0.39, 0.29) is 42.2 Å². The molecule has 134 valence electrons. The number of benzene rings is 1. The Morgan fingerprint density at radius 2 is 1.92 bits per heavy atom. The van der Waals surface area contributed by atoms with Crippen LogP contribution in [-0.4, -0.2) is 23.9 Å². The first-order chi connectivity index (χ1) is 10.8. The van der Waals surface area contributed by atoms with E-state index in [0.717, 1.165) is 22.9 Å². The van der Waals surface area contributed by atoms with Crippen LogP contribution < -0.4 is 16.4 Å². The lowest BCUT2D eigenvalue weighted by Crippen LogP contribution is -2.53. The summed E-state index contributed by atoms with van der Waals surface area (Å²) in [7, 11) is 0. The molecule has 1 aliphatic carbocycles. The van der Waals surface area contributed by atoms with Crippen molar-refractivity contribution in [3.05, 3.63) is 34.3 Å². The highest BCUT2D eigenvalue weighted by atomic mass is 79.9. The molecule has 1 saturated carbocycles. The maximum absolute atomic E-state index is 12.5. The normalized spacial score (nSPS) is 17.2. The lowest BCUT2D eigenvalue weighted by atomic mass is 9.95. The summed E-state index contributed by atoms with van der Waals surface area (Å²) in [6.45, 7) is 3.88. The number of nitrogens with two attached hydrogens (primary N) is 1. The fraction of sp³-hybridized carbons (Fsp3) is 0.529. The molecule has 1 fully saturated rings. The van der Waals surface area contributed by atoms with E-state index in [1.807, 2.05) is 31.2 Å². The van der Waals surface area contributed by atoms with Crippen LogP contribution in [0.4, 0.5) is 0 Å². The van der Waals surface area contributed by atoms with Crippen LogP contribution in [0.5, 0.6) is 0 Å². The lowest BCUT2D eigenvalue weighted by Gasteiger charge is -2.30. The van der Waals surface area contributed by atoms with E-state index in [1.165, 1.54) is 6.92 Å². The van der Waals surface area contributed by atoms with Crippen molar-refractivity contribution in [2.24, 2.45) is 11.7 Å². The topological polar surface area (TPSA) is 84.2 Å². The van der Waals surface area contributed by atoms with Gasteiger partial charge in [-0.2, -0.15) is 0 Å². The first-order valence-electron chi connectivity index (χ1n) is 7.87. The zero-order chi connectivity index (χ0) is 17.0. The summed E-state index contributed by atoms with van der Waals surface area (Å²) >= 11 is 3.39. The Kier molecular flexibility index (Phi) is 7.70. The van der Waals surface area contributed by atoms with Crippen molar-refractivity contribution in [3.8, 4) is 0 Å². The number of hydrogen-bond acceptors (Lipinski definition) is 3. The molecule has 0 aromatic heterocycles. The second-order valence-electron chi connectivity index (χ2n) is 6.45. The van der Waals surface area contributed by atoms with Crippen LogP contribution in [0.25, 0.3) is 0 Å². The zero-order valence-corrected chi connectivity index (χ0v) is 16.4. The predicted octanol–water partition coefficient (Wildman–Crippen LogP) is 2.68. The van der Waals surface area contributed by atoms with Crippen molar-refractivity contribution >= 4 is 40.2 Å². The molecule has 4 N–H and O–H groups in total. The Labute approximate surface area is 157 Å². The van der Waals surface area contributed by atoms with Crippen LogP contribution >= 0.6 is 28.3 Å². The first-order valence-corrected chi connectivity index (χ1v) is 8.67. The van der Waals surface area contributed by atoms with Crippen LogP contribution in [-0.2, 0) is 9.59 Å². The molecular weight excluding hydrogens is 394 g/mol. The van der Waals surface area contributed by atoms with Crippen LogP contribution in [0.3, 0.4) is 0 Å². The molecule has 1 aromatic carbocycles. The molecule has 2 atom stereocenters. The second-order valence-corrected chi connectivity index (χ2v) is 7.37. The van der Waals surface area contributed by atoms with Gasteiger partial charge >= 0.3 is 0 Å². The van der Waals surface area contributed by atoms with E-state index in [1.54, 1.807) is 0 Å². The molecule has 2 unspecified atom stereocenters. The van der Waals surface area contributed by atoms with Gasteiger partial charge in [-0.15, -0.1) is 12.4 Å². The van der Waals surface area contributed by atoms with Gasteiger partial charge in [-0.3, -0.25) is 9.59 Å². The van der Waals surface area contributed by atoms with Gasteiger partial charge in [0.15, 0.2) is 0 Å². The average molecular weight is 419 g/mol. The Morgan fingerprint density at radius 3 is 2.38 bits per heavy atom. The maximum Gasteiger partial charge on any atom is 0.222 e. The number of halogens is 2. The highest BCUT2D eigenvalue weighted by molar-refractivity contribution is 9.10. The van der Waals surface area contributed by atoms with E-state index in [2.05, 4.69) is 26.6 Å². The summed E-state index contributed by atoms with van der Waals surface area (Å²) in [5.74, 6) is 0.212. The third-order valence-corrected chi connectivity index (χ3v) is 4.90. The molecule has 1 aromatic rings. The fourth-order valence-electron chi connectivity index (χ4n) is 2.79. The molecule has 2 amide bonds. The second kappa shape index (κ2) is 8.83. The van der Waals surface area contributed by atoms with Crippen LogP contribution in [0.1, 0.15) is 44.7 Å². The quantitative estimate of drug-likeness (QED) is 0.636. The first kappa shape index (κ1) is 20.9. The predicted molar refractivity (Wildman–Crippen MR) is 101 cm³/mol. The fourth-order valence-corrected chi connectivity index (χ4v) is 3.05. The number of rotatable bonds is 7. The van der Waals surface area contributed by atoms with Gasteiger partial charge in [-0.05, 0) is 43.4 Å². The van der Waals surface area contributed by atoms with Gasteiger partial charge in [-0.1, -0.05) is 28.1 Å². The maximum atomic E-state index is 12.5. The van der Waals surface area contributed by atoms with Gasteiger partial charge in [0.2, 0.25) is 11.8 Å². The Bertz CT molecular complexity index is 578. The summed E-state index contributed by atoms with van der Waals surface area (Å²) in [5.41, 5.74) is 6.40. The van der Waals surface area contributed by atoms with E-state index in [4.69, 9.17) is 5.73 Å². The third kappa shape index (κ3) is 5.76. The Balaban J connectivity index is 0.00000288. The molecule has 0 radical (unpaired) electrons. The minimum absolute atomic E-state index is 0. The van der Waals surface area contributed by atoms with Gasteiger partial charge in [0.25, 0.3) is 0 Å². The highest BCUT2D eigenvalue weighted by Crippen LogP contribution is 2.39. The monoisotopic (exact) mass is 417 g/mol. The van der Waals surface area contributed by atoms with Crippen LogP contribution in [0.15, 0.2) is 28.7 Å². The number of amides is 2. The highest BCUT2D eigenvalue weighted by Gasteiger charge is 2.41. The van der Waals surface area contributed by atoms with Gasteiger partial charge in [-0.25, -0.2) is 0 Å². The average Bonchev–Trinajstić information content (AvgIpc) is 3.31. The minimum atomic E-state index is -0.350. The number of carbonyl (C=O) groups excluding carboxylic acids is 2. The van der Waals surface area contributed by atoms with E-state index >= 15 is 0 Å². The Hall–Kier alpha value is -1.11. The standard InChI is InChI=1S/C17H24BrN3O2.ClH/c1-11(22)20-15(12-3-7-14(18)8-4-12)9-16(23)21-17(2,10-19)13-5-6-13;/h3-4,7-8,13,15H,5-6,9-10,19H2,1-2H3,(H,20,22)(H,21,23);1H. The molecule has 0 spiro atoms. The SMILES string of the molecule is CC(=O)NC(CC(=O)NC(C)(CN)C1CC1)c1ccc(Br)cc1.Cl. The summed E-state index contributed by atoms with van der Waals surface area (Å²) in [5, 5.41) is 5.91. The molecular formula is C17H25BrClN3O2. The Morgan fingerprint density at radius 1 is 1.33 bits per heavy atom. The van der Waals surface area contributed by atoms with Gasteiger partial charge in [0, 0.05) is 17.9 Å². The number of hydrogen-bond donors (Lipinski definition) is 3. The molecule has 5 nitrogen and oxygen atoms in total. The number of carbonyl (C=O) groups is 2. The van der Waals surface area contributed by atoms with E-state index < -0.39 is 0 Å². The zero-order valence-electron chi connectivity index (χ0n) is 14.0. The lowest BCUT2D eigenvalue weighted by molar-refractivity contribution is -0.124. The molecule has 2 rings (SSSR count). The molecule has 0 heterocycles. The summed E-state index contributed by atoms with van der Waals surface area (Å²) < 4.78 is 0.955. The van der Waals surface area contributed by atoms with Gasteiger partial charge < -0.3 is 16.4 Å². The van der Waals surface area contributed by atoms with Crippen molar-refractivity contribution in [2.45, 2.75) is 44.7 Å². The van der Waals surface area contributed by atoms with Crippen LogP contribution in [0.2, 0.25) is 0 Å². The summed E-state index contributed by atoms with van der Waals surface area (Å²) in [6.07, 6.45) is 2.41. The van der Waals surface area contributed by atoms with Gasteiger partial charge in [0.1, 0.15) is 0 Å². The molecule has 0 bridgehead atoms. The smallest absolute Gasteiger partial charge is 0.222 e. The molecule has 24 heavy (non-hydrogen) atoms. The number of nitrogens with one attached hydrogen (secondary N) is 2.